The molecular weight excluding hydrogens is 428 g/mol. The molecule has 11 heteroatoms. The predicted molar refractivity (Wildman–Crippen MR) is 111 cm³/mol. The largest absolute Gasteiger partial charge is 0.504 e. The van der Waals surface area contributed by atoms with Crippen LogP contribution in [0.3, 0.4) is 0 Å². The van der Waals surface area contributed by atoms with Crippen LogP contribution < -0.4 is 15.6 Å². The van der Waals surface area contributed by atoms with Crippen molar-refractivity contribution in [3.63, 3.8) is 0 Å². The Labute approximate surface area is 174 Å². The standard InChI is InChI=1S/C19H14N4O5S2/c20-17-14(10-11-2-1-3-15(24)16(11)28-17)18(25)22-12-4-6-13(7-5-12)30(26,27)23-19-21-8-9-29-19/h1-10,20,24H,(H,21,23)(H,22,25). The summed E-state index contributed by atoms with van der Waals surface area (Å²) in [6.45, 7) is 0. The molecule has 4 aromatic rings. The van der Waals surface area contributed by atoms with Gasteiger partial charge in [0.15, 0.2) is 16.5 Å². The van der Waals surface area contributed by atoms with Gasteiger partial charge in [-0.2, -0.15) is 0 Å². The first-order valence-electron chi connectivity index (χ1n) is 8.48. The van der Waals surface area contributed by atoms with Crippen LogP contribution in [0, 0.1) is 5.41 Å². The zero-order valence-electron chi connectivity index (χ0n) is 15.1. The summed E-state index contributed by atoms with van der Waals surface area (Å²) in [5, 5.41) is 22.7. The lowest BCUT2D eigenvalue weighted by Gasteiger charge is -2.08. The van der Waals surface area contributed by atoms with Gasteiger partial charge in [0.25, 0.3) is 15.9 Å². The normalized spacial score (nSPS) is 11.3. The van der Waals surface area contributed by atoms with E-state index in [1.165, 1.54) is 42.6 Å². The first kappa shape index (κ1) is 19.6. The van der Waals surface area contributed by atoms with Gasteiger partial charge >= 0.3 is 0 Å². The Morgan fingerprint density at radius 3 is 2.63 bits per heavy atom. The zero-order valence-corrected chi connectivity index (χ0v) is 16.8. The van der Waals surface area contributed by atoms with Gasteiger partial charge < -0.3 is 14.8 Å². The molecule has 1 amide bonds. The lowest BCUT2D eigenvalue weighted by Crippen LogP contribution is -2.21. The minimum Gasteiger partial charge on any atom is -0.504 e. The second-order valence-corrected chi connectivity index (χ2v) is 8.68. The summed E-state index contributed by atoms with van der Waals surface area (Å²) in [5.74, 6) is -0.735. The van der Waals surface area contributed by atoms with Crippen LogP contribution in [-0.4, -0.2) is 24.4 Å². The number of amides is 1. The summed E-state index contributed by atoms with van der Waals surface area (Å²) < 4.78 is 32.3. The van der Waals surface area contributed by atoms with Crippen LogP contribution in [0.2, 0.25) is 0 Å². The van der Waals surface area contributed by atoms with Crippen LogP contribution in [-0.2, 0) is 10.0 Å². The lowest BCUT2D eigenvalue weighted by molar-refractivity contribution is 0.102. The van der Waals surface area contributed by atoms with Crippen LogP contribution in [0.25, 0.3) is 11.0 Å². The van der Waals surface area contributed by atoms with Crippen molar-refractivity contribution in [1.29, 1.82) is 5.41 Å². The predicted octanol–water partition coefficient (Wildman–Crippen LogP) is 3.13. The molecule has 0 saturated heterocycles. The van der Waals surface area contributed by atoms with Crippen LogP contribution in [0.1, 0.15) is 10.4 Å². The Balaban J connectivity index is 1.55. The number of hydrogen-bond acceptors (Lipinski definition) is 8. The summed E-state index contributed by atoms with van der Waals surface area (Å²) in [6, 6.07) is 11.6. The molecule has 2 aromatic heterocycles. The van der Waals surface area contributed by atoms with Crippen molar-refractivity contribution in [2.45, 2.75) is 4.90 Å². The van der Waals surface area contributed by atoms with E-state index >= 15 is 0 Å². The molecule has 0 atom stereocenters. The van der Waals surface area contributed by atoms with Gasteiger partial charge in [-0.3, -0.25) is 14.9 Å². The second-order valence-electron chi connectivity index (χ2n) is 6.11. The molecule has 0 radical (unpaired) electrons. The minimum atomic E-state index is -3.80. The maximum absolute atomic E-state index is 12.6. The van der Waals surface area contributed by atoms with E-state index in [2.05, 4.69) is 15.0 Å². The van der Waals surface area contributed by atoms with Gasteiger partial charge in [-0.25, -0.2) is 13.4 Å². The number of sulfonamides is 1. The van der Waals surface area contributed by atoms with Crippen molar-refractivity contribution in [2.75, 3.05) is 10.0 Å². The van der Waals surface area contributed by atoms with Crippen molar-refractivity contribution in [2.24, 2.45) is 0 Å². The molecular formula is C19H14N4O5S2. The summed E-state index contributed by atoms with van der Waals surface area (Å²) in [5.41, 5.74) is 0.00789. The fraction of sp³-hybridized carbons (Fsp3) is 0. The van der Waals surface area contributed by atoms with Gasteiger partial charge in [-0.15, -0.1) is 11.3 Å². The third kappa shape index (κ3) is 3.88. The van der Waals surface area contributed by atoms with Crippen molar-refractivity contribution >= 4 is 49.1 Å². The van der Waals surface area contributed by atoms with Crippen LogP contribution in [0.5, 0.6) is 5.75 Å². The quantitative estimate of drug-likeness (QED) is 0.374. The number of phenolic OH excluding ortho intramolecular Hbond substituents is 1. The summed E-state index contributed by atoms with van der Waals surface area (Å²) in [4.78, 5) is 16.5. The van der Waals surface area contributed by atoms with Crippen LogP contribution >= 0.6 is 11.3 Å². The molecule has 2 heterocycles. The smallest absolute Gasteiger partial charge is 0.263 e. The van der Waals surface area contributed by atoms with Gasteiger partial charge in [0.2, 0.25) is 5.55 Å². The summed E-state index contributed by atoms with van der Waals surface area (Å²) in [6.07, 6.45) is 1.49. The highest BCUT2D eigenvalue weighted by Gasteiger charge is 2.17. The number of carbonyl (C=O) groups excluding carboxylic acids is 1. The van der Waals surface area contributed by atoms with E-state index in [-0.39, 0.29) is 26.9 Å². The zero-order chi connectivity index (χ0) is 21.3. The third-order valence-electron chi connectivity index (χ3n) is 4.09. The number of carbonyl (C=O) groups is 1. The van der Waals surface area contributed by atoms with E-state index in [4.69, 9.17) is 9.83 Å². The second kappa shape index (κ2) is 7.61. The third-order valence-corrected chi connectivity index (χ3v) is 6.27. The molecule has 152 valence electrons. The van der Waals surface area contributed by atoms with Crippen molar-refractivity contribution in [3.05, 3.63) is 71.2 Å². The SMILES string of the molecule is N=c1oc2c(O)cccc2cc1C(=O)Nc1ccc(S(=O)(=O)Nc2nccs2)cc1. The number of nitrogens with one attached hydrogen (secondary N) is 3. The number of phenols is 1. The Hall–Kier alpha value is -3.70. The molecule has 30 heavy (non-hydrogen) atoms. The van der Waals surface area contributed by atoms with Crippen molar-refractivity contribution in [1.82, 2.24) is 4.98 Å². The van der Waals surface area contributed by atoms with E-state index in [9.17, 15) is 18.3 Å². The fourth-order valence-electron chi connectivity index (χ4n) is 2.68. The first-order valence-corrected chi connectivity index (χ1v) is 10.8. The van der Waals surface area contributed by atoms with E-state index in [1.54, 1.807) is 17.5 Å². The lowest BCUT2D eigenvalue weighted by atomic mass is 10.1. The van der Waals surface area contributed by atoms with Gasteiger partial charge in [0, 0.05) is 22.7 Å². The van der Waals surface area contributed by atoms with Gasteiger partial charge in [0.05, 0.1) is 4.90 Å². The number of anilines is 2. The number of para-hydroxylation sites is 1. The number of benzene rings is 2. The topological polar surface area (TPSA) is 145 Å². The summed E-state index contributed by atoms with van der Waals surface area (Å²) >= 11 is 1.16. The molecule has 4 N–H and O–H groups in total. The maximum Gasteiger partial charge on any atom is 0.263 e. The molecule has 9 nitrogen and oxygen atoms in total. The van der Waals surface area contributed by atoms with Crippen molar-refractivity contribution < 1.29 is 22.7 Å². The molecule has 0 bridgehead atoms. The minimum absolute atomic E-state index is 0.00746. The molecule has 2 aromatic carbocycles. The molecule has 0 aliphatic carbocycles. The van der Waals surface area contributed by atoms with Gasteiger partial charge in [-0.1, -0.05) is 12.1 Å². The molecule has 0 fully saturated rings. The summed E-state index contributed by atoms with van der Waals surface area (Å²) in [7, 11) is -3.80. The van der Waals surface area contributed by atoms with E-state index in [0.29, 0.717) is 11.1 Å². The average Bonchev–Trinajstić information content (AvgIpc) is 3.21. The van der Waals surface area contributed by atoms with E-state index < -0.39 is 21.5 Å². The first-order chi connectivity index (χ1) is 14.3. The van der Waals surface area contributed by atoms with Crippen LogP contribution in [0.15, 0.2) is 69.4 Å². The molecule has 0 spiro atoms. The highest BCUT2D eigenvalue weighted by molar-refractivity contribution is 7.93. The number of fused-ring (bicyclic) bond motifs is 1. The average molecular weight is 442 g/mol. The number of nitrogens with zero attached hydrogens (tertiary/aromatic N) is 1. The monoisotopic (exact) mass is 442 g/mol. The Kier molecular flexibility index (Phi) is 4.98. The van der Waals surface area contributed by atoms with Crippen molar-refractivity contribution in [3.8, 4) is 5.75 Å². The number of thiazole rings is 1. The Morgan fingerprint density at radius 2 is 1.93 bits per heavy atom. The highest BCUT2D eigenvalue weighted by atomic mass is 32.2. The highest BCUT2D eigenvalue weighted by Crippen LogP contribution is 2.24. The molecule has 4 rings (SSSR count). The Bertz CT molecular complexity index is 1400. The van der Waals surface area contributed by atoms with Gasteiger partial charge in [0.1, 0.15) is 5.56 Å². The van der Waals surface area contributed by atoms with E-state index in [1.807, 2.05) is 0 Å². The van der Waals surface area contributed by atoms with Gasteiger partial charge in [-0.05, 0) is 36.4 Å². The molecule has 0 aliphatic heterocycles. The number of hydrogen-bond donors (Lipinski definition) is 4. The fourth-order valence-corrected chi connectivity index (χ4v) is 4.47. The number of rotatable bonds is 5. The molecule has 0 saturated carbocycles. The molecule has 0 aliphatic rings. The maximum atomic E-state index is 12.6. The number of aromatic nitrogens is 1. The Morgan fingerprint density at radius 1 is 1.17 bits per heavy atom. The van der Waals surface area contributed by atoms with E-state index in [0.717, 1.165) is 11.3 Å². The molecule has 0 unspecified atom stereocenters. The van der Waals surface area contributed by atoms with Crippen LogP contribution in [0.4, 0.5) is 10.8 Å². The number of aromatic hydroxyl groups is 1.